The minimum absolute atomic E-state index is 0.305. The van der Waals surface area contributed by atoms with Gasteiger partial charge in [-0.15, -0.1) is 0 Å². The van der Waals surface area contributed by atoms with Gasteiger partial charge in [-0.1, -0.05) is 24.2 Å². The van der Waals surface area contributed by atoms with Crippen molar-refractivity contribution in [2.75, 3.05) is 6.61 Å². The van der Waals surface area contributed by atoms with Crippen molar-refractivity contribution in [3.05, 3.63) is 24.0 Å². The highest BCUT2D eigenvalue weighted by Crippen LogP contribution is 2.37. The minimum Gasteiger partial charge on any atom is -0.591 e. The van der Waals surface area contributed by atoms with Gasteiger partial charge < -0.3 is 9.29 Å². The van der Waals surface area contributed by atoms with Gasteiger partial charge in [0, 0.05) is 5.41 Å². The zero-order chi connectivity index (χ0) is 17.1. The molecule has 1 aromatic heterocycles. The number of ether oxygens (including phenoxy) is 1. The van der Waals surface area contributed by atoms with Gasteiger partial charge in [-0.2, -0.15) is 0 Å². The first-order valence-electron chi connectivity index (χ1n) is 8.26. The Morgan fingerprint density at radius 2 is 2.00 bits per heavy atom. The highest BCUT2D eigenvalue weighted by molar-refractivity contribution is 7.91. The summed E-state index contributed by atoms with van der Waals surface area (Å²) in [5.41, 5.74) is 1.73. The van der Waals surface area contributed by atoms with E-state index in [1.165, 1.54) is 25.7 Å². The zero-order valence-corrected chi connectivity index (χ0v) is 15.7. The fraction of sp³-hybridized carbons (Fsp3) is 0.667. The summed E-state index contributed by atoms with van der Waals surface area (Å²) in [5, 5.41) is 0. The highest BCUT2D eigenvalue weighted by atomic mass is 32.2. The summed E-state index contributed by atoms with van der Waals surface area (Å²) >= 11 is -1.27. The van der Waals surface area contributed by atoms with Gasteiger partial charge in [0.15, 0.2) is 0 Å². The molecule has 0 aliphatic heterocycles. The number of hydrogen-bond acceptors (Lipinski definition) is 4. The normalized spacial score (nSPS) is 19.7. The lowest BCUT2D eigenvalue weighted by molar-refractivity contribution is 0.168. The van der Waals surface area contributed by atoms with Gasteiger partial charge in [0.05, 0.1) is 18.5 Å². The standard InChI is InChI=1S/C18H28N2O2S/c1-14(20-23(21)17(2,3)4)16-9-8-15(12-19-16)22-13-18(5)10-6-7-11-18/h8-9,12H,6-7,10-11,13H2,1-5H3. The molecule has 128 valence electrons. The maximum atomic E-state index is 12.1. The Morgan fingerprint density at radius 1 is 1.35 bits per heavy atom. The van der Waals surface area contributed by atoms with Crippen LogP contribution in [0, 0.1) is 5.41 Å². The van der Waals surface area contributed by atoms with Crippen molar-refractivity contribution in [2.45, 2.75) is 65.0 Å². The van der Waals surface area contributed by atoms with Crippen molar-refractivity contribution in [1.29, 1.82) is 0 Å². The average Bonchev–Trinajstić information content (AvgIpc) is 2.92. The van der Waals surface area contributed by atoms with Crippen molar-refractivity contribution < 1.29 is 9.29 Å². The molecule has 1 aliphatic carbocycles. The maximum absolute atomic E-state index is 12.1. The largest absolute Gasteiger partial charge is 0.591 e. The lowest BCUT2D eigenvalue weighted by atomic mass is 9.90. The molecule has 0 aromatic carbocycles. The van der Waals surface area contributed by atoms with Crippen LogP contribution in [0.2, 0.25) is 0 Å². The van der Waals surface area contributed by atoms with E-state index < -0.39 is 11.4 Å². The van der Waals surface area contributed by atoms with Gasteiger partial charge >= 0.3 is 0 Å². The summed E-state index contributed by atoms with van der Waals surface area (Å²) in [5.74, 6) is 0.784. The van der Waals surface area contributed by atoms with E-state index in [9.17, 15) is 4.55 Å². The molecule has 0 spiro atoms. The summed E-state index contributed by atoms with van der Waals surface area (Å²) in [6.07, 6.45) is 6.81. The number of aromatic nitrogens is 1. The predicted octanol–water partition coefficient (Wildman–Crippen LogP) is 4.31. The molecule has 1 aromatic rings. The second kappa shape index (κ2) is 7.22. The summed E-state index contributed by atoms with van der Waals surface area (Å²) < 4.78 is 21.9. The highest BCUT2D eigenvalue weighted by Gasteiger charge is 2.29. The minimum atomic E-state index is -1.27. The third kappa shape index (κ3) is 5.21. The molecule has 2 rings (SSSR count). The summed E-state index contributed by atoms with van der Waals surface area (Å²) in [7, 11) is 0. The molecule has 0 N–H and O–H groups in total. The number of nitrogens with zero attached hydrogens (tertiary/aromatic N) is 2. The van der Waals surface area contributed by atoms with Crippen LogP contribution in [0.3, 0.4) is 0 Å². The first-order valence-corrected chi connectivity index (χ1v) is 9.37. The van der Waals surface area contributed by atoms with Crippen molar-refractivity contribution >= 4 is 17.1 Å². The SMILES string of the molecule is CC(=N[S+]([O-])C(C)(C)C)c1ccc(OCC2(C)CCCC2)cn1. The summed E-state index contributed by atoms with van der Waals surface area (Å²) in [6.45, 7) is 10.6. The van der Waals surface area contributed by atoms with Crippen molar-refractivity contribution in [3.63, 3.8) is 0 Å². The van der Waals surface area contributed by atoms with E-state index in [4.69, 9.17) is 4.74 Å². The first kappa shape index (κ1) is 18.3. The Labute approximate surface area is 143 Å². The molecule has 0 amide bonds. The van der Waals surface area contributed by atoms with Gasteiger partial charge in [0.2, 0.25) is 0 Å². The number of hydrogen-bond donors (Lipinski definition) is 0. The average molecular weight is 337 g/mol. The van der Waals surface area contributed by atoms with E-state index in [0.29, 0.717) is 11.1 Å². The van der Waals surface area contributed by atoms with Crippen LogP contribution in [0.1, 0.15) is 66.0 Å². The third-order valence-electron chi connectivity index (χ3n) is 4.25. The topological polar surface area (TPSA) is 57.5 Å². The van der Waals surface area contributed by atoms with E-state index in [1.807, 2.05) is 39.8 Å². The molecular weight excluding hydrogens is 308 g/mol. The van der Waals surface area contributed by atoms with Crippen molar-refractivity contribution in [2.24, 2.45) is 9.81 Å². The van der Waals surface area contributed by atoms with Crippen molar-refractivity contribution in [1.82, 2.24) is 4.98 Å². The Bertz CT molecular complexity index is 543. The third-order valence-corrected chi connectivity index (χ3v) is 5.74. The summed E-state index contributed by atoms with van der Waals surface area (Å²) in [6, 6.07) is 3.80. The van der Waals surface area contributed by atoms with Crippen LogP contribution in [-0.4, -0.2) is 26.6 Å². The smallest absolute Gasteiger partial charge is 0.144 e. The van der Waals surface area contributed by atoms with Gasteiger partial charge in [-0.3, -0.25) is 4.98 Å². The number of rotatable bonds is 5. The van der Waals surface area contributed by atoms with E-state index in [1.54, 1.807) is 6.20 Å². The first-order chi connectivity index (χ1) is 10.7. The Hall–Kier alpha value is -1.07. The molecule has 5 heteroatoms. The van der Waals surface area contributed by atoms with Gasteiger partial charge in [0.25, 0.3) is 0 Å². The molecule has 0 radical (unpaired) electrons. The fourth-order valence-corrected chi connectivity index (χ4v) is 3.23. The molecular formula is C18H28N2O2S. The molecule has 1 saturated carbocycles. The van der Waals surface area contributed by atoms with Crippen LogP contribution >= 0.6 is 0 Å². The van der Waals surface area contributed by atoms with Crippen LogP contribution in [0.15, 0.2) is 22.7 Å². The van der Waals surface area contributed by atoms with Crippen LogP contribution in [0.25, 0.3) is 0 Å². The number of pyridine rings is 1. The molecule has 1 aliphatic rings. The van der Waals surface area contributed by atoms with Crippen molar-refractivity contribution in [3.8, 4) is 5.75 Å². The predicted molar refractivity (Wildman–Crippen MR) is 96.4 cm³/mol. The summed E-state index contributed by atoms with van der Waals surface area (Å²) in [4.78, 5) is 4.39. The molecule has 0 saturated heterocycles. The Morgan fingerprint density at radius 3 is 2.52 bits per heavy atom. The van der Waals surface area contributed by atoms with Crippen LogP contribution in [0.5, 0.6) is 5.75 Å². The van der Waals surface area contributed by atoms with E-state index in [2.05, 4.69) is 16.3 Å². The van der Waals surface area contributed by atoms with Gasteiger partial charge in [-0.05, 0) is 52.7 Å². The Kier molecular flexibility index (Phi) is 5.74. The van der Waals surface area contributed by atoms with Crippen LogP contribution < -0.4 is 4.74 Å². The molecule has 23 heavy (non-hydrogen) atoms. The lowest BCUT2D eigenvalue weighted by Crippen LogP contribution is -2.26. The molecule has 4 nitrogen and oxygen atoms in total. The molecule has 0 bridgehead atoms. The monoisotopic (exact) mass is 336 g/mol. The van der Waals surface area contributed by atoms with E-state index in [0.717, 1.165) is 18.1 Å². The van der Waals surface area contributed by atoms with Gasteiger partial charge in [0.1, 0.15) is 27.6 Å². The molecule has 1 atom stereocenters. The second-order valence-corrected chi connectivity index (χ2v) is 9.63. The maximum Gasteiger partial charge on any atom is 0.144 e. The molecule has 1 fully saturated rings. The fourth-order valence-electron chi connectivity index (χ4n) is 2.62. The van der Waals surface area contributed by atoms with Crippen LogP contribution in [-0.2, 0) is 11.4 Å². The lowest BCUT2D eigenvalue weighted by Gasteiger charge is -2.23. The van der Waals surface area contributed by atoms with Crippen LogP contribution in [0.4, 0.5) is 0 Å². The zero-order valence-electron chi connectivity index (χ0n) is 14.9. The van der Waals surface area contributed by atoms with E-state index in [-0.39, 0.29) is 4.75 Å². The second-order valence-electron chi connectivity index (χ2n) is 7.72. The van der Waals surface area contributed by atoms with E-state index >= 15 is 0 Å². The Balaban J connectivity index is 1.97. The van der Waals surface area contributed by atoms with Gasteiger partial charge in [-0.25, -0.2) is 0 Å². The molecule has 1 heterocycles. The molecule has 1 unspecified atom stereocenters. The quantitative estimate of drug-likeness (QED) is 0.594.